The first-order valence-corrected chi connectivity index (χ1v) is 8.50. The maximum Gasteiger partial charge on any atom is 1.00 e. The average molecular weight is 378 g/mol. The van der Waals surface area contributed by atoms with Gasteiger partial charge >= 0.3 is 35.5 Å². The second-order valence-electron chi connectivity index (χ2n) is 4.08. The molecule has 0 radical (unpaired) electrons. The summed E-state index contributed by atoms with van der Waals surface area (Å²) in [6, 6.07) is 10.0. The summed E-state index contributed by atoms with van der Waals surface area (Å²) in [4.78, 5) is 10.3. The summed E-state index contributed by atoms with van der Waals surface area (Å²) in [6.07, 6.45) is 4.47. The van der Waals surface area contributed by atoms with Gasteiger partial charge in [0, 0.05) is 19.1 Å². The number of hydrogen-bond donors (Lipinski definition) is 1. The molecule has 0 bridgehead atoms. The van der Waals surface area contributed by atoms with Crippen molar-refractivity contribution < 1.29 is 57.2 Å². The Labute approximate surface area is 171 Å². The van der Waals surface area contributed by atoms with Gasteiger partial charge < -0.3 is 14.4 Å². The summed E-state index contributed by atoms with van der Waals surface area (Å²) >= 11 is 0. The van der Waals surface area contributed by atoms with Gasteiger partial charge in [0.2, 0.25) is 0 Å². The normalized spacial score (nSPS) is 8.88. The Morgan fingerprint density at radius 3 is 2.04 bits per heavy atom. The van der Waals surface area contributed by atoms with Crippen molar-refractivity contribution in [2.75, 3.05) is 19.0 Å². The van der Waals surface area contributed by atoms with Gasteiger partial charge in [-0.15, -0.1) is 6.58 Å². The van der Waals surface area contributed by atoms with Crippen LogP contribution in [0.2, 0.25) is 0 Å². The smallest absolute Gasteiger partial charge is 0.748 e. The minimum atomic E-state index is -4.04. The Kier molecular flexibility index (Phi) is 21.8. The molecular formula is C17H23NaO6S. The zero-order valence-corrected chi connectivity index (χ0v) is 17.3. The third-order valence-electron chi connectivity index (χ3n) is 2.07. The van der Waals surface area contributed by atoms with Crippen LogP contribution in [0.3, 0.4) is 0 Å². The molecule has 1 rings (SSSR count). The molecule has 0 atom stereocenters. The van der Waals surface area contributed by atoms with Crippen LogP contribution in [0.15, 0.2) is 62.2 Å². The minimum Gasteiger partial charge on any atom is -0.748 e. The number of aliphatic hydroxyl groups is 1. The summed E-state index contributed by atoms with van der Waals surface area (Å²) < 4.78 is 33.3. The Balaban J connectivity index is -0.000000287. The average Bonchev–Trinajstić information content (AvgIpc) is 2.55. The molecular weight excluding hydrogens is 355 g/mol. The third kappa shape index (κ3) is 25.1. The second-order valence-corrected chi connectivity index (χ2v) is 5.53. The zero-order valence-electron chi connectivity index (χ0n) is 14.5. The number of carbonyl (C=O) groups is 1. The number of rotatable bonds is 7. The predicted octanol–water partition coefficient (Wildman–Crippen LogP) is -0.851. The fourth-order valence-corrected chi connectivity index (χ4v) is 1.32. The van der Waals surface area contributed by atoms with Crippen molar-refractivity contribution in [1.82, 2.24) is 0 Å². The van der Waals surface area contributed by atoms with E-state index in [0.717, 1.165) is 12.2 Å². The Hall–Kier alpha value is -1.22. The third-order valence-corrected chi connectivity index (χ3v) is 2.71. The fourth-order valence-electron chi connectivity index (χ4n) is 1.03. The molecule has 0 aliphatic carbocycles. The van der Waals surface area contributed by atoms with E-state index in [9.17, 15) is 17.8 Å². The topological polar surface area (TPSA) is 104 Å². The van der Waals surface area contributed by atoms with E-state index in [4.69, 9.17) is 5.11 Å². The number of esters is 1. The van der Waals surface area contributed by atoms with Crippen LogP contribution in [0.25, 0.3) is 6.08 Å². The van der Waals surface area contributed by atoms with Crippen molar-refractivity contribution >= 4 is 22.2 Å². The van der Waals surface area contributed by atoms with Crippen LogP contribution in [-0.4, -0.2) is 43.0 Å². The molecule has 1 N–H and O–H groups in total. The SMILES string of the molecule is C=CC(=O)OCCCO.C=CCS(=O)(=O)[O-].C=Cc1ccccc1.[Na+]. The molecule has 0 saturated heterocycles. The van der Waals surface area contributed by atoms with Crippen LogP contribution in [0, 0.1) is 0 Å². The first-order valence-electron chi connectivity index (χ1n) is 6.92. The molecule has 0 aliphatic heterocycles. The summed E-state index contributed by atoms with van der Waals surface area (Å²) in [5, 5.41) is 8.23. The predicted molar refractivity (Wildman–Crippen MR) is 94.2 cm³/mol. The van der Waals surface area contributed by atoms with E-state index >= 15 is 0 Å². The molecule has 6 nitrogen and oxygen atoms in total. The van der Waals surface area contributed by atoms with E-state index < -0.39 is 21.8 Å². The maximum absolute atomic E-state index is 10.3. The molecule has 134 valence electrons. The maximum atomic E-state index is 10.3. The first kappa shape index (κ1) is 28.6. The Morgan fingerprint density at radius 1 is 1.20 bits per heavy atom. The van der Waals surface area contributed by atoms with Gasteiger partial charge in [-0.3, -0.25) is 0 Å². The number of carbonyl (C=O) groups excluding carboxylic acids is 1. The van der Waals surface area contributed by atoms with Crippen LogP contribution < -0.4 is 29.6 Å². The van der Waals surface area contributed by atoms with Gasteiger partial charge in [0.1, 0.15) is 0 Å². The van der Waals surface area contributed by atoms with Gasteiger partial charge in [0.15, 0.2) is 0 Å². The molecule has 0 aliphatic rings. The van der Waals surface area contributed by atoms with E-state index in [1.807, 2.05) is 36.4 Å². The molecule has 0 spiro atoms. The molecule has 25 heavy (non-hydrogen) atoms. The van der Waals surface area contributed by atoms with Gasteiger partial charge in [-0.25, -0.2) is 13.2 Å². The van der Waals surface area contributed by atoms with Gasteiger partial charge in [0.05, 0.1) is 22.5 Å². The number of aliphatic hydroxyl groups excluding tert-OH is 1. The molecule has 0 unspecified atom stereocenters. The standard InChI is InChI=1S/C8H8.C6H10O3.C3H6O3S.Na/c1-2-8-6-4-3-5-7-8;1-2-6(8)9-5-3-4-7;1-2-3-7(4,5)6;/h2-7H,1H2;2,7H,1,3-5H2;2H,1,3H2,(H,4,5,6);/q;;;+1/p-1. The van der Waals surface area contributed by atoms with Crippen LogP contribution in [0.4, 0.5) is 0 Å². The van der Waals surface area contributed by atoms with Crippen molar-refractivity contribution in [3.05, 3.63) is 67.8 Å². The van der Waals surface area contributed by atoms with Crippen LogP contribution in [0.1, 0.15) is 12.0 Å². The molecule has 1 aromatic rings. The van der Waals surface area contributed by atoms with Crippen molar-refractivity contribution in [2.24, 2.45) is 0 Å². The van der Waals surface area contributed by atoms with Crippen LogP contribution in [0.5, 0.6) is 0 Å². The first-order chi connectivity index (χ1) is 11.3. The number of ether oxygens (including phenoxy) is 1. The monoisotopic (exact) mass is 378 g/mol. The van der Waals surface area contributed by atoms with E-state index in [-0.39, 0.29) is 42.8 Å². The number of benzene rings is 1. The summed E-state index contributed by atoms with van der Waals surface area (Å²) in [6.45, 7) is 10.2. The van der Waals surface area contributed by atoms with E-state index in [0.29, 0.717) is 6.42 Å². The van der Waals surface area contributed by atoms with Gasteiger partial charge in [0.25, 0.3) is 0 Å². The zero-order chi connectivity index (χ0) is 18.8. The minimum absolute atomic E-state index is 0. The molecule has 8 heteroatoms. The summed E-state index contributed by atoms with van der Waals surface area (Å²) in [5.41, 5.74) is 1.17. The molecule has 0 amide bonds. The number of hydrogen-bond acceptors (Lipinski definition) is 6. The molecule has 1 aromatic carbocycles. The molecule has 0 fully saturated rings. The quantitative estimate of drug-likeness (QED) is 0.166. The van der Waals surface area contributed by atoms with Gasteiger partial charge in [-0.2, -0.15) is 0 Å². The van der Waals surface area contributed by atoms with Crippen molar-refractivity contribution in [3.8, 4) is 0 Å². The summed E-state index contributed by atoms with van der Waals surface area (Å²) in [5.74, 6) is -0.920. The van der Waals surface area contributed by atoms with Gasteiger partial charge in [-0.05, 0) is 5.56 Å². The Morgan fingerprint density at radius 2 is 1.76 bits per heavy atom. The van der Waals surface area contributed by atoms with Crippen LogP contribution >= 0.6 is 0 Å². The Bertz CT molecular complexity index is 584. The summed E-state index contributed by atoms with van der Waals surface area (Å²) in [7, 11) is -4.04. The van der Waals surface area contributed by atoms with Crippen LogP contribution in [-0.2, 0) is 19.6 Å². The fraction of sp³-hybridized carbons (Fsp3) is 0.235. The molecule has 0 saturated carbocycles. The van der Waals surface area contributed by atoms with E-state index in [2.05, 4.69) is 24.5 Å². The molecule has 0 heterocycles. The van der Waals surface area contributed by atoms with Gasteiger partial charge in [-0.1, -0.05) is 55.6 Å². The van der Waals surface area contributed by atoms with Crippen molar-refractivity contribution in [1.29, 1.82) is 0 Å². The van der Waals surface area contributed by atoms with Crippen molar-refractivity contribution in [3.63, 3.8) is 0 Å². The van der Waals surface area contributed by atoms with E-state index in [1.54, 1.807) is 0 Å². The second kappa shape index (κ2) is 19.1. The van der Waals surface area contributed by atoms with E-state index in [1.165, 1.54) is 5.56 Å². The van der Waals surface area contributed by atoms with Crippen molar-refractivity contribution in [2.45, 2.75) is 6.42 Å². The molecule has 0 aromatic heterocycles. The largest absolute Gasteiger partial charge is 1.00 e.